The van der Waals surface area contributed by atoms with Crippen molar-refractivity contribution in [2.75, 3.05) is 5.32 Å². The number of aryl methyl sites for hydroxylation is 1. The second-order valence-corrected chi connectivity index (χ2v) is 5.40. The first-order chi connectivity index (χ1) is 8.33. The van der Waals surface area contributed by atoms with Crippen LogP contribution in [0.25, 0.3) is 0 Å². The molecule has 3 rings (SSSR count). The summed E-state index contributed by atoms with van der Waals surface area (Å²) in [4.78, 5) is 0. The molecule has 1 fully saturated rings. The number of ether oxygens (including phenoxy) is 1. The fraction of sp³-hybridized carbons (Fsp3) is 0.600. The molecule has 1 aromatic carbocycles. The fourth-order valence-corrected chi connectivity index (χ4v) is 2.97. The maximum Gasteiger partial charge on any atom is 0.143 e. The van der Waals surface area contributed by atoms with Crippen molar-refractivity contribution in [2.45, 2.75) is 57.6 Å². The molecule has 0 aromatic heterocycles. The molecule has 2 unspecified atom stereocenters. The van der Waals surface area contributed by atoms with Crippen molar-refractivity contribution >= 4 is 5.69 Å². The van der Waals surface area contributed by atoms with Gasteiger partial charge in [-0.15, -0.1) is 0 Å². The summed E-state index contributed by atoms with van der Waals surface area (Å²) in [7, 11) is 0. The van der Waals surface area contributed by atoms with Crippen LogP contribution >= 0.6 is 0 Å². The molecule has 2 aliphatic rings. The van der Waals surface area contributed by atoms with Crippen LogP contribution in [0.15, 0.2) is 18.2 Å². The molecule has 17 heavy (non-hydrogen) atoms. The van der Waals surface area contributed by atoms with Crippen molar-refractivity contribution in [3.8, 4) is 5.75 Å². The third-order valence-corrected chi connectivity index (χ3v) is 3.96. The van der Waals surface area contributed by atoms with E-state index in [4.69, 9.17) is 4.74 Å². The predicted molar refractivity (Wildman–Crippen MR) is 70.7 cm³/mol. The van der Waals surface area contributed by atoms with E-state index in [-0.39, 0.29) is 0 Å². The Balaban J connectivity index is 1.84. The highest BCUT2D eigenvalue weighted by Crippen LogP contribution is 2.35. The van der Waals surface area contributed by atoms with Gasteiger partial charge in [-0.3, -0.25) is 0 Å². The maximum absolute atomic E-state index is 6.19. The first kappa shape index (κ1) is 10.9. The van der Waals surface area contributed by atoms with E-state index in [1.165, 1.54) is 49.8 Å². The van der Waals surface area contributed by atoms with Crippen LogP contribution in [0.2, 0.25) is 0 Å². The Kier molecular flexibility index (Phi) is 2.96. The number of rotatable bonds is 0. The summed E-state index contributed by atoms with van der Waals surface area (Å²) in [6, 6.07) is 6.97. The van der Waals surface area contributed by atoms with Crippen molar-refractivity contribution in [1.82, 2.24) is 0 Å². The van der Waals surface area contributed by atoms with Crippen LogP contribution in [0.5, 0.6) is 5.75 Å². The molecule has 2 nitrogen and oxygen atoms in total. The normalized spacial score (nSPS) is 27.8. The summed E-state index contributed by atoms with van der Waals surface area (Å²) in [6.07, 6.45) is 8.22. The van der Waals surface area contributed by atoms with E-state index < -0.39 is 0 Å². The van der Waals surface area contributed by atoms with Crippen molar-refractivity contribution < 1.29 is 4.74 Å². The number of hydrogen-bond acceptors (Lipinski definition) is 2. The molecular formula is C15H21NO. The molecule has 1 N–H and O–H groups in total. The average Bonchev–Trinajstić information content (AvgIpc) is 2.29. The number of benzene rings is 1. The second kappa shape index (κ2) is 4.59. The molecule has 1 aliphatic carbocycles. The van der Waals surface area contributed by atoms with E-state index in [9.17, 15) is 0 Å². The smallest absolute Gasteiger partial charge is 0.143 e. The molecule has 0 saturated heterocycles. The molecule has 2 atom stereocenters. The predicted octanol–water partition coefficient (Wildman–Crippen LogP) is 3.89. The minimum atomic E-state index is 0.379. The number of anilines is 1. The van der Waals surface area contributed by atoms with E-state index in [0.717, 1.165) is 5.75 Å². The summed E-state index contributed by atoms with van der Waals surface area (Å²) in [6.45, 7) is 2.12. The van der Waals surface area contributed by atoms with E-state index in [2.05, 4.69) is 30.4 Å². The molecular weight excluding hydrogens is 210 g/mol. The van der Waals surface area contributed by atoms with Gasteiger partial charge < -0.3 is 10.1 Å². The van der Waals surface area contributed by atoms with E-state index in [1.54, 1.807) is 0 Å². The summed E-state index contributed by atoms with van der Waals surface area (Å²) >= 11 is 0. The summed E-state index contributed by atoms with van der Waals surface area (Å²) < 4.78 is 6.19. The monoisotopic (exact) mass is 231 g/mol. The lowest BCUT2D eigenvalue weighted by Gasteiger charge is -2.36. The van der Waals surface area contributed by atoms with Gasteiger partial charge in [0.05, 0.1) is 11.7 Å². The molecule has 1 aliphatic heterocycles. The lowest BCUT2D eigenvalue weighted by Crippen LogP contribution is -2.42. The van der Waals surface area contributed by atoms with Gasteiger partial charge in [-0.1, -0.05) is 25.3 Å². The number of hydrogen-bond donors (Lipinski definition) is 1. The zero-order chi connectivity index (χ0) is 11.7. The van der Waals surface area contributed by atoms with Gasteiger partial charge >= 0.3 is 0 Å². The maximum atomic E-state index is 6.19. The van der Waals surface area contributed by atoms with E-state index in [0.29, 0.717) is 12.1 Å². The number of nitrogens with one attached hydrogen (secondary N) is 1. The Hall–Kier alpha value is -1.18. The first-order valence-corrected chi connectivity index (χ1v) is 6.87. The number of fused-ring (bicyclic) bond motifs is 2. The van der Waals surface area contributed by atoms with Crippen molar-refractivity contribution in [1.29, 1.82) is 0 Å². The summed E-state index contributed by atoms with van der Waals surface area (Å²) in [5, 5.41) is 3.67. The lowest BCUT2D eigenvalue weighted by molar-refractivity contribution is 0.143. The van der Waals surface area contributed by atoms with Crippen LogP contribution in [0, 0.1) is 6.92 Å². The minimum Gasteiger partial charge on any atom is -0.486 e. The van der Waals surface area contributed by atoms with Crippen LogP contribution in [-0.2, 0) is 0 Å². The van der Waals surface area contributed by atoms with E-state index in [1.807, 2.05) is 0 Å². The highest BCUT2D eigenvalue weighted by atomic mass is 16.5. The topological polar surface area (TPSA) is 21.3 Å². The Morgan fingerprint density at radius 2 is 1.94 bits per heavy atom. The molecule has 92 valence electrons. The lowest BCUT2D eigenvalue weighted by atomic mass is 9.92. The summed E-state index contributed by atoms with van der Waals surface area (Å²) in [5.41, 5.74) is 2.45. The zero-order valence-corrected chi connectivity index (χ0v) is 10.5. The molecule has 0 bridgehead atoms. The third-order valence-electron chi connectivity index (χ3n) is 3.96. The van der Waals surface area contributed by atoms with Gasteiger partial charge in [-0.25, -0.2) is 0 Å². The Morgan fingerprint density at radius 1 is 1.12 bits per heavy atom. The average molecular weight is 231 g/mol. The molecule has 0 amide bonds. The van der Waals surface area contributed by atoms with Crippen molar-refractivity contribution in [3.63, 3.8) is 0 Å². The highest BCUT2D eigenvalue weighted by molar-refractivity contribution is 5.60. The van der Waals surface area contributed by atoms with Gasteiger partial charge in [-0.05, 0) is 43.9 Å². The Morgan fingerprint density at radius 3 is 2.82 bits per heavy atom. The highest BCUT2D eigenvalue weighted by Gasteiger charge is 2.29. The second-order valence-electron chi connectivity index (χ2n) is 5.40. The molecule has 2 heteroatoms. The molecule has 0 spiro atoms. The fourth-order valence-electron chi connectivity index (χ4n) is 2.97. The molecule has 1 saturated carbocycles. The molecule has 1 aromatic rings. The van der Waals surface area contributed by atoms with Gasteiger partial charge in [0.1, 0.15) is 11.9 Å². The van der Waals surface area contributed by atoms with Crippen LogP contribution in [0.1, 0.15) is 44.1 Å². The SMILES string of the molecule is Cc1ccc2c(c1)OC1CCCCCCC1N2. The molecule has 0 radical (unpaired) electrons. The quantitative estimate of drug-likeness (QED) is 0.731. The summed E-state index contributed by atoms with van der Waals surface area (Å²) in [5.74, 6) is 1.05. The van der Waals surface area contributed by atoms with Gasteiger partial charge in [0, 0.05) is 0 Å². The van der Waals surface area contributed by atoms with Gasteiger partial charge in [0.15, 0.2) is 0 Å². The Bertz CT molecular complexity index is 402. The van der Waals surface area contributed by atoms with E-state index >= 15 is 0 Å². The Labute approximate surface area is 103 Å². The standard InChI is InChI=1S/C15H21NO/c1-11-8-9-13-15(10-11)17-14-7-5-3-2-4-6-12(14)16-13/h8-10,12,14,16H,2-7H2,1H3. The van der Waals surface area contributed by atoms with Gasteiger partial charge in [0.2, 0.25) is 0 Å². The first-order valence-electron chi connectivity index (χ1n) is 6.87. The van der Waals surface area contributed by atoms with Crippen molar-refractivity contribution in [3.05, 3.63) is 23.8 Å². The largest absolute Gasteiger partial charge is 0.486 e. The van der Waals surface area contributed by atoms with Crippen molar-refractivity contribution in [2.24, 2.45) is 0 Å². The van der Waals surface area contributed by atoms with Crippen LogP contribution in [0.4, 0.5) is 5.69 Å². The van der Waals surface area contributed by atoms with Gasteiger partial charge in [0.25, 0.3) is 0 Å². The van der Waals surface area contributed by atoms with Crippen LogP contribution in [-0.4, -0.2) is 12.1 Å². The molecule has 1 heterocycles. The minimum absolute atomic E-state index is 0.379. The van der Waals surface area contributed by atoms with Crippen LogP contribution < -0.4 is 10.1 Å². The third kappa shape index (κ3) is 2.26. The van der Waals surface area contributed by atoms with Gasteiger partial charge in [-0.2, -0.15) is 0 Å². The van der Waals surface area contributed by atoms with Crippen LogP contribution in [0.3, 0.4) is 0 Å². The zero-order valence-electron chi connectivity index (χ0n) is 10.5.